The highest BCUT2D eigenvalue weighted by atomic mass is 19.4. The van der Waals surface area contributed by atoms with Crippen LogP contribution in [0.3, 0.4) is 0 Å². The summed E-state index contributed by atoms with van der Waals surface area (Å²) in [6.07, 6.45) is -3.53. The number of hydrogen-bond donors (Lipinski definition) is 2. The summed E-state index contributed by atoms with van der Waals surface area (Å²) >= 11 is 0. The number of benzene rings is 1. The number of anilines is 1. The van der Waals surface area contributed by atoms with E-state index in [0.717, 1.165) is 6.07 Å². The maximum absolute atomic E-state index is 13.4. The molecule has 2 saturated heterocycles. The predicted molar refractivity (Wildman–Crippen MR) is 119 cm³/mol. The smallest absolute Gasteiger partial charge is 0.383 e. The number of likely N-dealkylation sites (tertiary alicyclic amines) is 1. The van der Waals surface area contributed by atoms with E-state index in [1.807, 2.05) is 11.8 Å². The number of nitrogens with zero attached hydrogens (tertiary/aromatic N) is 3. The highest BCUT2D eigenvalue weighted by Gasteiger charge is 2.52. The van der Waals surface area contributed by atoms with E-state index in [2.05, 4.69) is 10.6 Å². The van der Waals surface area contributed by atoms with Gasteiger partial charge in [-0.25, -0.2) is 4.79 Å². The number of carbonyl (C=O) groups excluding carboxylic acids is 2. The Bertz CT molecular complexity index is 939. The first-order valence-corrected chi connectivity index (χ1v) is 11.3. The zero-order valence-corrected chi connectivity index (χ0v) is 19.4. The molecule has 8 nitrogen and oxygen atoms in total. The molecule has 3 amide bonds. The van der Waals surface area contributed by atoms with Crippen LogP contribution in [0.15, 0.2) is 18.2 Å². The standard InChI is InChI=1S/C23H30F3N5O3/c1-3-28-21(33)31-14-19(20(32)29-8-11-34-2)22(15-31)6-9-30(10-7-22)17-5-4-16(13-27)18(12-17)23(24,25)26/h4-5,12,19H,3,6-11,14-15H2,1-2H3,(H,28,33)(H,29,32). The van der Waals surface area contributed by atoms with Gasteiger partial charge < -0.3 is 25.2 Å². The zero-order chi connectivity index (χ0) is 24.9. The van der Waals surface area contributed by atoms with E-state index in [9.17, 15) is 22.8 Å². The van der Waals surface area contributed by atoms with E-state index in [-0.39, 0.29) is 11.9 Å². The molecule has 0 aromatic heterocycles. The Morgan fingerprint density at radius 1 is 1.26 bits per heavy atom. The molecule has 2 aliphatic rings. The lowest BCUT2D eigenvalue weighted by Gasteiger charge is -2.43. The summed E-state index contributed by atoms with van der Waals surface area (Å²) in [5.41, 5.74) is -1.43. The average molecular weight is 482 g/mol. The fraction of sp³-hybridized carbons (Fsp3) is 0.609. The Kier molecular flexibility index (Phi) is 7.92. The highest BCUT2D eigenvalue weighted by Crippen LogP contribution is 2.46. The Balaban J connectivity index is 1.79. The van der Waals surface area contributed by atoms with Crippen LogP contribution >= 0.6 is 0 Å². The van der Waals surface area contributed by atoms with E-state index < -0.39 is 28.6 Å². The van der Waals surface area contributed by atoms with Crippen LogP contribution in [0, 0.1) is 22.7 Å². The van der Waals surface area contributed by atoms with Gasteiger partial charge >= 0.3 is 12.2 Å². The van der Waals surface area contributed by atoms with Gasteiger partial charge in [-0.05, 0) is 38.0 Å². The van der Waals surface area contributed by atoms with Crippen molar-refractivity contribution in [3.63, 3.8) is 0 Å². The lowest BCUT2D eigenvalue weighted by Crippen LogP contribution is -2.49. The van der Waals surface area contributed by atoms with Crippen molar-refractivity contribution in [3.05, 3.63) is 29.3 Å². The first-order chi connectivity index (χ1) is 16.1. The van der Waals surface area contributed by atoms with Crippen LogP contribution in [-0.4, -0.2) is 69.8 Å². The molecule has 0 saturated carbocycles. The van der Waals surface area contributed by atoms with E-state index in [0.29, 0.717) is 64.4 Å². The van der Waals surface area contributed by atoms with Gasteiger partial charge in [-0.3, -0.25) is 4.79 Å². The van der Waals surface area contributed by atoms with Crippen molar-refractivity contribution in [1.29, 1.82) is 5.26 Å². The molecule has 1 atom stereocenters. The lowest BCUT2D eigenvalue weighted by molar-refractivity contribution is -0.137. The van der Waals surface area contributed by atoms with Crippen LogP contribution in [0.2, 0.25) is 0 Å². The zero-order valence-electron chi connectivity index (χ0n) is 19.4. The minimum atomic E-state index is -4.62. The summed E-state index contributed by atoms with van der Waals surface area (Å²) < 4.78 is 45.2. The van der Waals surface area contributed by atoms with Crippen molar-refractivity contribution in [2.75, 3.05) is 57.9 Å². The number of carbonyl (C=O) groups is 2. The summed E-state index contributed by atoms with van der Waals surface area (Å²) in [5.74, 6) is -0.559. The Morgan fingerprint density at radius 2 is 1.97 bits per heavy atom. The second-order valence-corrected chi connectivity index (χ2v) is 8.74. The minimum Gasteiger partial charge on any atom is -0.383 e. The van der Waals surface area contributed by atoms with Gasteiger partial charge in [0.25, 0.3) is 0 Å². The molecule has 2 aliphatic heterocycles. The van der Waals surface area contributed by atoms with Gasteiger partial charge in [0.15, 0.2) is 0 Å². The molecular weight excluding hydrogens is 451 g/mol. The molecule has 1 spiro atoms. The third-order valence-corrected chi connectivity index (χ3v) is 6.74. The van der Waals surface area contributed by atoms with Crippen molar-refractivity contribution in [2.45, 2.75) is 25.9 Å². The van der Waals surface area contributed by atoms with Crippen molar-refractivity contribution in [1.82, 2.24) is 15.5 Å². The number of rotatable bonds is 6. The molecule has 0 aliphatic carbocycles. The predicted octanol–water partition coefficient (Wildman–Crippen LogP) is 2.59. The molecule has 0 radical (unpaired) electrons. The first-order valence-electron chi connectivity index (χ1n) is 11.3. The number of ether oxygens (including phenoxy) is 1. The number of methoxy groups -OCH3 is 1. The number of halogens is 3. The maximum Gasteiger partial charge on any atom is 0.417 e. The van der Waals surface area contributed by atoms with Crippen molar-refractivity contribution >= 4 is 17.6 Å². The molecule has 11 heteroatoms. The summed E-state index contributed by atoms with van der Waals surface area (Å²) in [6.45, 7) is 4.61. The molecule has 34 heavy (non-hydrogen) atoms. The number of nitriles is 1. The molecule has 3 rings (SSSR count). The van der Waals surface area contributed by atoms with E-state index in [1.165, 1.54) is 12.1 Å². The number of urea groups is 1. The Hall–Kier alpha value is -3.00. The van der Waals surface area contributed by atoms with Gasteiger partial charge in [-0.2, -0.15) is 18.4 Å². The second-order valence-electron chi connectivity index (χ2n) is 8.74. The van der Waals surface area contributed by atoms with Gasteiger partial charge in [0.2, 0.25) is 5.91 Å². The van der Waals surface area contributed by atoms with Crippen molar-refractivity contribution in [3.8, 4) is 6.07 Å². The largest absolute Gasteiger partial charge is 0.417 e. The van der Waals surface area contributed by atoms with Gasteiger partial charge in [-0.1, -0.05) is 0 Å². The third kappa shape index (κ3) is 5.38. The van der Waals surface area contributed by atoms with E-state index >= 15 is 0 Å². The molecule has 186 valence electrons. The summed E-state index contributed by atoms with van der Waals surface area (Å²) in [7, 11) is 1.54. The van der Waals surface area contributed by atoms with Gasteiger partial charge in [-0.15, -0.1) is 0 Å². The van der Waals surface area contributed by atoms with Crippen molar-refractivity contribution < 1.29 is 27.5 Å². The Labute approximate surface area is 197 Å². The van der Waals surface area contributed by atoms with Gasteiger partial charge in [0, 0.05) is 57.5 Å². The summed E-state index contributed by atoms with van der Waals surface area (Å²) in [5, 5.41) is 14.7. The molecule has 0 bridgehead atoms. The van der Waals surface area contributed by atoms with Crippen molar-refractivity contribution in [2.24, 2.45) is 11.3 Å². The quantitative estimate of drug-likeness (QED) is 0.609. The summed E-state index contributed by atoms with van der Waals surface area (Å²) in [4.78, 5) is 29.0. The molecule has 1 aromatic carbocycles. The average Bonchev–Trinajstić information content (AvgIpc) is 3.18. The SMILES string of the molecule is CCNC(=O)N1CC(C(=O)NCCOC)C2(CCN(c3ccc(C#N)c(C(F)(F)F)c3)CC2)C1. The van der Waals surface area contributed by atoms with Crippen LogP contribution in [-0.2, 0) is 15.7 Å². The van der Waals surface area contributed by atoms with Crippen LogP contribution in [0.4, 0.5) is 23.7 Å². The number of alkyl halides is 3. The number of amides is 3. The Morgan fingerprint density at radius 3 is 2.56 bits per heavy atom. The number of piperidine rings is 1. The monoisotopic (exact) mass is 481 g/mol. The fourth-order valence-electron chi connectivity index (χ4n) is 4.92. The van der Waals surface area contributed by atoms with Crippen LogP contribution in [0.5, 0.6) is 0 Å². The third-order valence-electron chi connectivity index (χ3n) is 6.74. The van der Waals surface area contributed by atoms with E-state index in [4.69, 9.17) is 10.00 Å². The molecule has 2 heterocycles. The van der Waals surface area contributed by atoms with Crippen LogP contribution < -0.4 is 15.5 Å². The lowest BCUT2D eigenvalue weighted by atomic mass is 9.70. The van der Waals surface area contributed by atoms with E-state index in [1.54, 1.807) is 18.1 Å². The maximum atomic E-state index is 13.4. The topological polar surface area (TPSA) is 97.7 Å². The van der Waals surface area contributed by atoms with Crippen LogP contribution in [0.1, 0.15) is 30.9 Å². The van der Waals surface area contributed by atoms with Gasteiger partial charge in [0.05, 0.1) is 29.7 Å². The molecular formula is C23H30F3N5O3. The first kappa shape index (κ1) is 25.6. The van der Waals surface area contributed by atoms with Crippen LogP contribution in [0.25, 0.3) is 0 Å². The second kappa shape index (κ2) is 10.5. The fourth-order valence-corrected chi connectivity index (χ4v) is 4.92. The number of nitrogens with one attached hydrogen (secondary N) is 2. The number of hydrogen-bond acceptors (Lipinski definition) is 5. The minimum absolute atomic E-state index is 0.143. The normalized spacial score (nSPS) is 19.7. The highest BCUT2D eigenvalue weighted by molar-refractivity contribution is 5.82. The molecule has 1 aromatic rings. The molecule has 2 N–H and O–H groups in total. The molecule has 2 fully saturated rings. The molecule has 1 unspecified atom stereocenters. The summed E-state index contributed by atoms with van der Waals surface area (Å²) in [6, 6.07) is 5.11. The van der Waals surface area contributed by atoms with Gasteiger partial charge in [0.1, 0.15) is 0 Å².